The Morgan fingerprint density at radius 2 is 0.810 bits per heavy atom. The van der Waals surface area contributed by atoms with Crippen molar-refractivity contribution in [2.24, 2.45) is 0 Å². The molecule has 1 unspecified atom stereocenters. The van der Waals surface area contributed by atoms with Gasteiger partial charge in [0.25, 0.3) is 0 Å². The highest BCUT2D eigenvalue weighted by Gasteiger charge is 2.32. The quantitative estimate of drug-likeness (QED) is 0.158. The van der Waals surface area contributed by atoms with E-state index in [1.807, 2.05) is 11.3 Å². The maximum atomic E-state index is 2.45. The molecule has 0 aliphatic heterocycles. The van der Waals surface area contributed by atoms with Crippen LogP contribution in [0.2, 0.25) is 0 Å². The topological polar surface area (TPSA) is 4.93 Å². The van der Waals surface area contributed by atoms with Gasteiger partial charge >= 0.3 is 0 Å². The van der Waals surface area contributed by atoms with Gasteiger partial charge in [0.05, 0.1) is 11.0 Å². The van der Waals surface area contributed by atoms with Crippen molar-refractivity contribution in [2.45, 2.75) is 5.92 Å². The first kappa shape index (κ1) is 35.9. The molecule has 0 spiro atoms. The smallest absolute Gasteiger partial charge is 0.0541 e. The summed E-state index contributed by atoms with van der Waals surface area (Å²) in [6.45, 7) is 0. The zero-order chi connectivity index (χ0) is 41.4. The third-order valence-electron chi connectivity index (χ3n) is 13.3. The molecule has 0 N–H and O–H groups in total. The molecule has 294 valence electrons. The Balaban J connectivity index is 0.982. The second-order valence-electron chi connectivity index (χ2n) is 16.8. The van der Waals surface area contributed by atoms with Crippen LogP contribution in [-0.2, 0) is 0 Å². The summed E-state index contributed by atoms with van der Waals surface area (Å²) in [6, 6.07) is 85.4. The second-order valence-corrected chi connectivity index (χ2v) is 17.9. The molecule has 0 fully saturated rings. The van der Waals surface area contributed by atoms with Gasteiger partial charge in [0.15, 0.2) is 0 Å². The number of aromatic nitrogens is 1. The van der Waals surface area contributed by atoms with Crippen LogP contribution in [0.4, 0.5) is 0 Å². The molecule has 0 saturated carbocycles. The predicted molar refractivity (Wildman–Crippen MR) is 268 cm³/mol. The molecule has 1 nitrogen and oxygen atoms in total. The van der Waals surface area contributed by atoms with Gasteiger partial charge in [0.2, 0.25) is 0 Å². The van der Waals surface area contributed by atoms with Gasteiger partial charge in [0, 0.05) is 42.6 Å². The van der Waals surface area contributed by atoms with Crippen molar-refractivity contribution in [1.29, 1.82) is 0 Å². The number of fused-ring (bicyclic) bond motifs is 9. The molecule has 13 rings (SSSR count). The molecule has 1 atom stereocenters. The first-order chi connectivity index (χ1) is 31.2. The Bertz CT molecular complexity index is 3740. The minimum absolute atomic E-state index is 0.165. The highest BCUT2D eigenvalue weighted by atomic mass is 32.1. The highest BCUT2D eigenvalue weighted by Crippen LogP contribution is 2.52. The Morgan fingerprint density at radius 1 is 0.302 bits per heavy atom. The standard InChI is InChI=1S/C61H39NS/c1-3-14-39(15-4-1)41-18-11-19-42(34-41)45-29-32-56-54(37-45)55-38-46(30-33-57(55)62(56)47-21-12-20-43(35-47)40-16-5-2-6-17-40)44-28-31-50-53(36-44)48-22-7-8-23-49(48)60(50)52-25-13-27-59-61(52)51-24-9-10-26-58(51)63-59/h1-38,60H. The third-order valence-corrected chi connectivity index (χ3v) is 14.4. The van der Waals surface area contributed by atoms with E-state index in [1.165, 1.54) is 114 Å². The van der Waals surface area contributed by atoms with Crippen LogP contribution in [0.25, 0.3) is 103 Å². The van der Waals surface area contributed by atoms with Crippen LogP contribution in [0.5, 0.6) is 0 Å². The molecule has 1 aliphatic rings. The average molecular weight is 818 g/mol. The molecule has 0 bridgehead atoms. The van der Waals surface area contributed by atoms with E-state index in [0.29, 0.717) is 0 Å². The number of hydrogen-bond acceptors (Lipinski definition) is 1. The molecule has 2 aromatic heterocycles. The van der Waals surface area contributed by atoms with Crippen LogP contribution >= 0.6 is 11.3 Å². The van der Waals surface area contributed by atoms with Crippen molar-refractivity contribution in [3.05, 3.63) is 247 Å². The fourth-order valence-electron chi connectivity index (χ4n) is 10.4. The Labute approximate surface area is 370 Å². The third kappa shape index (κ3) is 5.83. The van der Waals surface area contributed by atoms with E-state index in [4.69, 9.17) is 0 Å². The molecule has 12 aromatic rings. The molecular formula is C61H39NS. The van der Waals surface area contributed by atoms with Crippen molar-refractivity contribution in [1.82, 2.24) is 4.57 Å². The first-order valence-corrected chi connectivity index (χ1v) is 22.6. The van der Waals surface area contributed by atoms with Crippen LogP contribution in [0, 0.1) is 0 Å². The van der Waals surface area contributed by atoms with Gasteiger partial charge in [-0.15, -0.1) is 11.3 Å². The van der Waals surface area contributed by atoms with Crippen LogP contribution in [0.1, 0.15) is 22.6 Å². The van der Waals surface area contributed by atoms with Crippen LogP contribution in [-0.4, -0.2) is 4.57 Å². The molecule has 63 heavy (non-hydrogen) atoms. The summed E-state index contributed by atoms with van der Waals surface area (Å²) in [5, 5.41) is 5.21. The van der Waals surface area contributed by atoms with E-state index in [-0.39, 0.29) is 5.92 Å². The van der Waals surface area contributed by atoms with Crippen molar-refractivity contribution in [3.8, 4) is 61.3 Å². The van der Waals surface area contributed by atoms with E-state index < -0.39 is 0 Å². The number of nitrogens with zero attached hydrogens (tertiary/aromatic N) is 1. The number of benzene rings is 10. The number of hydrogen-bond donors (Lipinski definition) is 0. The highest BCUT2D eigenvalue weighted by molar-refractivity contribution is 7.25. The molecule has 10 aromatic carbocycles. The SMILES string of the molecule is c1ccc(-c2cccc(-c3ccc4c(c3)c3cc(-c5ccc6c(c5)-c5ccccc5C6c5cccc6sc7ccccc7c56)ccc3n4-c3cccc(-c4ccccc4)c3)c2)cc1. The number of thiophene rings is 1. The Hall–Kier alpha value is -7.78. The lowest BCUT2D eigenvalue weighted by molar-refractivity contribution is 1.03. The number of rotatable bonds is 6. The van der Waals surface area contributed by atoms with E-state index >= 15 is 0 Å². The van der Waals surface area contributed by atoms with Gasteiger partial charge < -0.3 is 4.57 Å². The molecule has 0 saturated heterocycles. The largest absolute Gasteiger partial charge is 0.309 e. The zero-order valence-corrected chi connectivity index (χ0v) is 35.2. The second kappa shape index (κ2) is 14.4. The molecule has 0 amide bonds. The van der Waals surface area contributed by atoms with E-state index in [1.54, 1.807) is 0 Å². The summed E-state index contributed by atoms with van der Waals surface area (Å²) >= 11 is 1.90. The minimum atomic E-state index is 0.165. The monoisotopic (exact) mass is 817 g/mol. The van der Waals surface area contributed by atoms with Gasteiger partial charge in [0.1, 0.15) is 0 Å². The molecule has 0 radical (unpaired) electrons. The first-order valence-electron chi connectivity index (χ1n) is 21.8. The Morgan fingerprint density at radius 3 is 1.56 bits per heavy atom. The lowest BCUT2D eigenvalue weighted by Gasteiger charge is -2.16. The summed E-state index contributed by atoms with van der Waals surface area (Å²) in [5.41, 5.74) is 20.0. The van der Waals surface area contributed by atoms with Crippen molar-refractivity contribution in [3.63, 3.8) is 0 Å². The van der Waals surface area contributed by atoms with Gasteiger partial charge in [-0.25, -0.2) is 0 Å². The predicted octanol–water partition coefficient (Wildman–Crippen LogP) is 17.0. The zero-order valence-electron chi connectivity index (χ0n) is 34.4. The van der Waals surface area contributed by atoms with Crippen molar-refractivity contribution < 1.29 is 0 Å². The summed E-state index contributed by atoms with van der Waals surface area (Å²) in [7, 11) is 0. The fourth-order valence-corrected chi connectivity index (χ4v) is 11.5. The Kier molecular flexibility index (Phi) is 8.22. The lowest BCUT2D eigenvalue weighted by atomic mass is 9.86. The van der Waals surface area contributed by atoms with Gasteiger partial charge in [-0.3, -0.25) is 0 Å². The molecule has 1 aliphatic carbocycles. The normalized spacial score (nSPS) is 13.2. The van der Waals surface area contributed by atoms with E-state index in [0.717, 1.165) is 5.69 Å². The molecular weight excluding hydrogens is 779 g/mol. The minimum Gasteiger partial charge on any atom is -0.309 e. The van der Waals surface area contributed by atoms with Crippen LogP contribution in [0.3, 0.4) is 0 Å². The van der Waals surface area contributed by atoms with Crippen LogP contribution < -0.4 is 0 Å². The summed E-state index contributed by atoms with van der Waals surface area (Å²) in [5.74, 6) is 0.165. The fraction of sp³-hybridized carbons (Fsp3) is 0.0164. The summed E-state index contributed by atoms with van der Waals surface area (Å²) in [4.78, 5) is 0. The van der Waals surface area contributed by atoms with E-state index in [9.17, 15) is 0 Å². The summed E-state index contributed by atoms with van der Waals surface area (Å²) in [6.07, 6.45) is 0. The van der Waals surface area contributed by atoms with Gasteiger partial charge in [-0.1, -0.05) is 170 Å². The maximum absolute atomic E-state index is 2.45. The van der Waals surface area contributed by atoms with E-state index in [2.05, 4.69) is 235 Å². The summed E-state index contributed by atoms with van der Waals surface area (Å²) < 4.78 is 5.14. The maximum Gasteiger partial charge on any atom is 0.0541 e. The molecule has 2 heterocycles. The lowest BCUT2D eigenvalue weighted by Crippen LogP contribution is -1.99. The van der Waals surface area contributed by atoms with Crippen molar-refractivity contribution in [2.75, 3.05) is 0 Å². The van der Waals surface area contributed by atoms with Crippen LogP contribution in [0.15, 0.2) is 231 Å². The van der Waals surface area contributed by atoms with Crippen molar-refractivity contribution >= 4 is 53.3 Å². The molecule has 2 heteroatoms. The van der Waals surface area contributed by atoms with Gasteiger partial charge in [-0.2, -0.15) is 0 Å². The van der Waals surface area contributed by atoms with Gasteiger partial charge in [-0.05, 0) is 133 Å². The average Bonchev–Trinajstić information content (AvgIpc) is 4.02.